The molecule has 1 atom stereocenters. The second-order valence-electron chi connectivity index (χ2n) is 7.43. The van der Waals surface area contributed by atoms with Crippen LogP contribution in [0.25, 0.3) is 0 Å². The molecule has 172 valence electrons. The third-order valence-corrected chi connectivity index (χ3v) is 5.15. The first-order valence-electron chi connectivity index (χ1n) is 10.3. The number of nitrogens with zero attached hydrogens (tertiary/aromatic N) is 4. The molecule has 1 saturated heterocycles. The largest absolute Gasteiger partial charge is 0.467 e. The predicted molar refractivity (Wildman–Crippen MR) is 114 cm³/mol. The highest BCUT2D eigenvalue weighted by Gasteiger charge is 2.27. The highest BCUT2D eigenvalue weighted by Crippen LogP contribution is 2.20. The van der Waals surface area contributed by atoms with Gasteiger partial charge in [-0.1, -0.05) is 18.2 Å². The summed E-state index contributed by atoms with van der Waals surface area (Å²) >= 11 is 0. The van der Waals surface area contributed by atoms with Crippen LogP contribution < -0.4 is 25.0 Å². The lowest BCUT2D eigenvalue weighted by Crippen LogP contribution is -2.52. The average Bonchev–Trinajstić information content (AvgIpc) is 2.79. The summed E-state index contributed by atoms with van der Waals surface area (Å²) in [6.07, 6.45) is 1.37. The summed E-state index contributed by atoms with van der Waals surface area (Å²) in [6, 6.07) is 5.58. The van der Waals surface area contributed by atoms with E-state index in [0.717, 1.165) is 0 Å². The third-order valence-electron chi connectivity index (χ3n) is 5.15. The minimum Gasteiger partial charge on any atom is -0.467 e. The van der Waals surface area contributed by atoms with Gasteiger partial charge in [0.25, 0.3) is 0 Å². The molecule has 0 saturated carbocycles. The van der Waals surface area contributed by atoms with Crippen LogP contribution in [0.3, 0.4) is 0 Å². The van der Waals surface area contributed by atoms with Crippen LogP contribution in [0.15, 0.2) is 24.3 Å². The van der Waals surface area contributed by atoms with Crippen molar-refractivity contribution in [3.05, 3.63) is 35.6 Å². The summed E-state index contributed by atoms with van der Waals surface area (Å²) in [5.41, 5.74) is 0.369. The van der Waals surface area contributed by atoms with Gasteiger partial charge in [0.2, 0.25) is 17.8 Å². The van der Waals surface area contributed by atoms with Crippen molar-refractivity contribution >= 4 is 17.8 Å². The Bertz CT molecular complexity index is 929. The number of halogens is 1. The van der Waals surface area contributed by atoms with Crippen LogP contribution in [0.2, 0.25) is 0 Å². The molecule has 3 rings (SSSR count). The predicted octanol–water partition coefficient (Wildman–Crippen LogP) is 0.860. The van der Waals surface area contributed by atoms with E-state index in [2.05, 4.69) is 25.6 Å². The van der Waals surface area contributed by atoms with Gasteiger partial charge in [0.05, 0.1) is 14.2 Å². The molecule has 32 heavy (non-hydrogen) atoms. The lowest BCUT2D eigenvalue weighted by molar-refractivity contribution is -0.128. The van der Waals surface area contributed by atoms with Crippen molar-refractivity contribution in [1.29, 1.82) is 0 Å². The number of carbonyl (C=O) groups is 2. The molecule has 0 bridgehead atoms. The van der Waals surface area contributed by atoms with Gasteiger partial charge in [-0.15, -0.1) is 4.98 Å². The first-order chi connectivity index (χ1) is 15.4. The summed E-state index contributed by atoms with van der Waals surface area (Å²) < 4.78 is 24.2. The molecule has 11 heteroatoms. The number of nitrogens with one attached hydrogen (secondary N) is 2. The van der Waals surface area contributed by atoms with Crippen molar-refractivity contribution in [2.24, 2.45) is 0 Å². The standard InChI is InChI=1S/C21H27FN6O4/c1-13(29)23-17(12-14-6-4-5-7-16(14)22)18(30)24-15-8-10-28(11-9-15)19-25-20(31-2)27-21(26-19)32-3/h4-7,15,17H,8-12H2,1-3H3,(H,23,29)(H,24,30). The van der Waals surface area contributed by atoms with Crippen molar-refractivity contribution in [2.45, 2.75) is 38.3 Å². The Labute approximate surface area is 185 Å². The maximum atomic E-state index is 14.0. The lowest BCUT2D eigenvalue weighted by atomic mass is 10.0. The molecule has 1 fully saturated rings. The number of carbonyl (C=O) groups excluding carboxylic acids is 2. The van der Waals surface area contributed by atoms with Gasteiger partial charge in [-0.25, -0.2) is 4.39 Å². The fourth-order valence-electron chi connectivity index (χ4n) is 3.52. The Morgan fingerprint density at radius 1 is 1.12 bits per heavy atom. The minimum absolute atomic E-state index is 0.0708. The molecule has 1 aromatic carbocycles. The molecule has 1 aliphatic rings. The average molecular weight is 446 g/mol. The van der Waals surface area contributed by atoms with E-state index in [1.807, 2.05) is 4.90 Å². The van der Waals surface area contributed by atoms with Gasteiger partial charge in [-0.2, -0.15) is 9.97 Å². The zero-order valence-corrected chi connectivity index (χ0v) is 18.3. The smallest absolute Gasteiger partial charge is 0.324 e. The Morgan fingerprint density at radius 3 is 2.31 bits per heavy atom. The fourth-order valence-corrected chi connectivity index (χ4v) is 3.52. The first kappa shape index (κ1) is 23.2. The number of methoxy groups -OCH3 is 2. The van der Waals surface area contributed by atoms with Crippen LogP contribution in [0.5, 0.6) is 12.0 Å². The summed E-state index contributed by atoms with van der Waals surface area (Å²) in [4.78, 5) is 38.9. The molecule has 0 radical (unpaired) electrons. The van der Waals surface area contributed by atoms with E-state index in [0.29, 0.717) is 37.4 Å². The second-order valence-corrected chi connectivity index (χ2v) is 7.43. The number of rotatable bonds is 8. The van der Waals surface area contributed by atoms with Crippen molar-refractivity contribution in [1.82, 2.24) is 25.6 Å². The van der Waals surface area contributed by atoms with E-state index >= 15 is 0 Å². The molecule has 10 nitrogen and oxygen atoms in total. The monoisotopic (exact) mass is 446 g/mol. The maximum absolute atomic E-state index is 14.0. The Balaban J connectivity index is 1.60. The molecule has 1 aromatic heterocycles. The topological polar surface area (TPSA) is 119 Å². The highest BCUT2D eigenvalue weighted by atomic mass is 19.1. The Kier molecular flexibility index (Phi) is 7.74. The number of aromatic nitrogens is 3. The first-order valence-corrected chi connectivity index (χ1v) is 10.3. The van der Waals surface area contributed by atoms with E-state index < -0.39 is 11.9 Å². The third kappa shape index (κ3) is 6.02. The van der Waals surface area contributed by atoms with Crippen molar-refractivity contribution in [3.8, 4) is 12.0 Å². The van der Waals surface area contributed by atoms with E-state index in [9.17, 15) is 14.0 Å². The summed E-state index contributed by atoms with van der Waals surface area (Å²) in [5.74, 6) is -0.666. The van der Waals surface area contributed by atoms with E-state index in [-0.39, 0.29) is 36.3 Å². The van der Waals surface area contributed by atoms with E-state index in [1.165, 1.54) is 27.2 Å². The summed E-state index contributed by atoms with van der Waals surface area (Å²) in [7, 11) is 2.93. The Morgan fingerprint density at radius 2 is 1.75 bits per heavy atom. The number of ether oxygens (including phenoxy) is 2. The van der Waals surface area contributed by atoms with Gasteiger partial charge in [-0.3, -0.25) is 9.59 Å². The van der Waals surface area contributed by atoms with Crippen LogP contribution >= 0.6 is 0 Å². The van der Waals surface area contributed by atoms with Gasteiger partial charge in [-0.05, 0) is 24.5 Å². The van der Waals surface area contributed by atoms with Crippen LogP contribution in [-0.2, 0) is 16.0 Å². The molecule has 0 aliphatic carbocycles. The number of hydrogen-bond donors (Lipinski definition) is 2. The van der Waals surface area contributed by atoms with Crippen LogP contribution in [0.1, 0.15) is 25.3 Å². The number of piperidine rings is 1. The molecular weight excluding hydrogens is 419 g/mol. The van der Waals surface area contributed by atoms with Gasteiger partial charge >= 0.3 is 12.0 Å². The number of anilines is 1. The quantitative estimate of drug-likeness (QED) is 0.613. The van der Waals surface area contributed by atoms with Gasteiger partial charge in [0.1, 0.15) is 11.9 Å². The van der Waals surface area contributed by atoms with Gasteiger partial charge in [0.15, 0.2) is 0 Å². The molecule has 2 amide bonds. The molecule has 2 N–H and O–H groups in total. The molecule has 1 aliphatic heterocycles. The van der Waals surface area contributed by atoms with Crippen LogP contribution in [-0.4, -0.2) is 66.2 Å². The minimum atomic E-state index is -0.862. The molecule has 1 unspecified atom stereocenters. The number of benzene rings is 1. The fraction of sp³-hybridized carbons (Fsp3) is 0.476. The molecular formula is C21H27FN6O4. The van der Waals surface area contributed by atoms with Crippen molar-refractivity contribution in [2.75, 3.05) is 32.2 Å². The lowest BCUT2D eigenvalue weighted by Gasteiger charge is -2.33. The zero-order valence-electron chi connectivity index (χ0n) is 18.3. The normalized spacial score (nSPS) is 15.1. The molecule has 2 heterocycles. The summed E-state index contributed by atoms with van der Waals surface area (Å²) in [5, 5.41) is 5.60. The van der Waals surface area contributed by atoms with Crippen LogP contribution in [0, 0.1) is 5.82 Å². The van der Waals surface area contributed by atoms with Crippen molar-refractivity contribution < 1.29 is 23.5 Å². The number of hydrogen-bond acceptors (Lipinski definition) is 8. The highest BCUT2D eigenvalue weighted by molar-refractivity contribution is 5.87. The second kappa shape index (κ2) is 10.7. The van der Waals surface area contributed by atoms with Gasteiger partial charge < -0.3 is 25.0 Å². The Hall–Kier alpha value is -3.50. The maximum Gasteiger partial charge on any atom is 0.324 e. The number of amides is 2. The van der Waals surface area contributed by atoms with E-state index in [1.54, 1.807) is 18.2 Å². The molecule has 0 spiro atoms. The SMILES string of the molecule is COc1nc(OC)nc(N2CCC(NC(=O)C(Cc3ccccc3F)NC(C)=O)CC2)n1. The van der Waals surface area contributed by atoms with E-state index in [4.69, 9.17) is 9.47 Å². The summed E-state index contributed by atoms with van der Waals surface area (Å²) in [6.45, 7) is 2.52. The van der Waals surface area contributed by atoms with Gasteiger partial charge in [0, 0.05) is 32.5 Å². The van der Waals surface area contributed by atoms with Crippen molar-refractivity contribution in [3.63, 3.8) is 0 Å². The van der Waals surface area contributed by atoms with Crippen LogP contribution in [0.4, 0.5) is 10.3 Å². The molecule has 2 aromatic rings. The zero-order chi connectivity index (χ0) is 23.1.